The van der Waals surface area contributed by atoms with Crippen molar-refractivity contribution in [2.45, 2.75) is 38.8 Å². The van der Waals surface area contributed by atoms with Crippen LogP contribution in [0.3, 0.4) is 0 Å². The molecular weight excluding hydrogens is 363 g/mol. The Balaban J connectivity index is 1.91. The molecule has 0 saturated heterocycles. The summed E-state index contributed by atoms with van der Waals surface area (Å²) in [6.45, 7) is 2.91. The lowest BCUT2D eigenvalue weighted by atomic mass is 10.0. The molecule has 3 nitrogen and oxygen atoms in total. The van der Waals surface area contributed by atoms with Crippen molar-refractivity contribution in [3.63, 3.8) is 0 Å². The highest BCUT2D eigenvalue weighted by Gasteiger charge is 2.31. The summed E-state index contributed by atoms with van der Waals surface area (Å²) in [6.07, 6.45) is -0.728. The molecule has 0 bridgehead atoms. The molecule has 0 fully saturated rings. The molecule has 0 unspecified atom stereocenters. The third kappa shape index (κ3) is 3.39. The summed E-state index contributed by atoms with van der Waals surface area (Å²) in [5.74, 6) is 0.894. The van der Waals surface area contributed by atoms with Crippen molar-refractivity contribution in [2.24, 2.45) is 0 Å². The van der Waals surface area contributed by atoms with Crippen molar-refractivity contribution in [2.75, 3.05) is 11.9 Å². The van der Waals surface area contributed by atoms with Crippen molar-refractivity contribution in [3.05, 3.63) is 65.2 Å². The van der Waals surface area contributed by atoms with E-state index in [2.05, 4.69) is 18.3 Å². The molecule has 0 saturated carbocycles. The summed E-state index contributed by atoms with van der Waals surface area (Å²) in [5, 5.41) is 8.25. The Kier molecular flexibility index (Phi) is 4.87. The number of aryl methyl sites for hydroxylation is 1. The van der Waals surface area contributed by atoms with Gasteiger partial charge in [0, 0.05) is 17.7 Å². The van der Waals surface area contributed by atoms with Crippen molar-refractivity contribution in [3.8, 4) is 16.9 Å². The van der Waals surface area contributed by atoms with Crippen LogP contribution >= 0.6 is 0 Å². The van der Waals surface area contributed by atoms with E-state index in [1.807, 2.05) is 22.9 Å². The minimum absolute atomic E-state index is 0.502. The number of alkyl halides is 3. The molecule has 1 N–H and O–H groups in total. The number of nitrogens with one attached hydrogen (secondary N) is 1. The van der Waals surface area contributed by atoms with Gasteiger partial charge >= 0.3 is 6.18 Å². The maximum absolute atomic E-state index is 13.2. The van der Waals surface area contributed by atoms with Gasteiger partial charge in [-0.2, -0.15) is 18.3 Å². The number of benzene rings is 2. The smallest absolute Gasteiger partial charge is 0.370 e. The highest BCUT2D eigenvalue weighted by Crippen LogP contribution is 2.37. The lowest BCUT2D eigenvalue weighted by molar-refractivity contribution is -0.137. The van der Waals surface area contributed by atoms with E-state index in [0.717, 1.165) is 60.9 Å². The van der Waals surface area contributed by atoms with Crippen LogP contribution in [0.15, 0.2) is 48.5 Å². The molecule has 0 radical (unpaired) electrons. The SMILES string of the molecule is CCc1ccccc1-n1nc(-c2cccc(C(F)(F)F)c2)c2c1NCCCC2. The van der Waals surface area contributed by atoms with E-state index in [1.165, 1.54) is 12.1 Å². The van der Waals surface area contributed by atoms with Crippen molar-refractivity contribution in [1.29, 1.82) is 0 Å². The first kappa shape index (κ1) is 18.6. The summed E-state index contributed by atoms with van der Waals surface area (Å²) in [7, 11) is 0. The molecule has 1 aliphatic heterocycles. The number of hydrogen-bond acceptors (Lipinski definition) is 2. The minimum atomic E-state index is -4.37. The number of para-hydroxylation sites is 1. The van der Waals surface area contributed by atoms with Crippen molar-refractivity contribution in [1.82, 2.24) is 9.78 Å². The molecule has 4 rings (SSSR count). The van der Waals surface area contributed by atoms with Crippen LogP contribution in [0.25, 0.3) is 16.9 Å². The zero-order valence-electron chi connectivity index (χ0n) is 15.7. The Labute approximate surface area is 162 Å². The predicted molar refractivity (Wildman–Crippen MR) is 105 cm³/mol. The summed E-state index contributed by atoms with van der Waals surface area (Å²) in [5.41, 5.74) is 3.58. The van der Waals surface area contributed by atoms with Crippen LogP contribution < -0.4 is 5.32 Å². The molecule has 3 aromatic rings. The second kappa shape index (κ2) is 7.34. The van der Waals surface area contributed by atoms with Gasteiger partial charge in [0.1, 0.15) is 5.82 Å². The van der Waals surface area contributed by atoms with E-state index in [-0.39, 0.29) is 0 Å². The van der Waals surface area contributed by atoms with E-state index < -0.39 is 11.7 Å². The van der Waals surface area contributed by atoms with E-state index in [0.29, 0.717) is 11.3 Å². The molecule has 2 aromatic carbocycles. The molecule has 28 heavy (non-hydrogen) atoms. The number of halogens is 3. The zero-order chi connectivity index (χ0) is 19.7. The predicted octanol–water partition coefficient (Wildman–Crippen LogP) is 5.87. The van der Waals surface area contributed by atoms with Gasteiger partial charge in [0.2, 0.25) is 0 Å². The van der Waals surface area contributed by atoms with E-state index in [9.17, 15) is 13.2 Å². The summed E-state index contributed by atoms with van der Waals surface area (Å²) in [4.78, 5) is 0. The highest BCUT2D eigenvalue weighted by molar-refractivity contribution is 5.72. The molecule has 146 valence electrons. The van der Waals surface area contributed by atoms with Crippen LogP contribution in [0.1, 0.15) is 36.5 Å². The van der Waals surface area contributed by atoms with Crippen LogP contribution in [0.5, 0.6) is 0 Å². The second-order valence-corrected chi connectivity index (χ2v) is 7.03. The Morgan fingerprint density at radius 2 is 1.89 bits per heavy atom. The summed E-state index contributed by atoms with van der Waals surface area (Å²) in [6, 6.07) is 13.5. The van der Waals surface area contributed by atoms with Crippen LogP contribution in [-0.4, -0.2) is 16.3 Å². The number of rotatable bonds is 3. The minimum Gasteiger partial charge on any atom is -0.370 e. The molecule has 1 aromatic heterocycles. The standard InChI is InChI=1S/C22H22F3N3/c1-2-15-8-3-4-12-19(15)28-21-18(11-5-6-13-26-21)20(27-28)16-9-7-10-17(14-16)22(23,24)25/h3-4,7-10,12,14,26H,2,5-6,11,13H2,1H3. The van der Waals surface area contributed by atoms with Gasteiger partial charge in [-0.05, 0) is 49.4 Å². The number of anilines is 1. The average molecular weight is 385 g/mol. The van der Waals surface area contributed by atoms with E-state index in [1.54, 1.807) is 6.07 Å². The summed E-state index contributed by atoms with van der Waals surface area (Å²) < 4.78 is 41.5. The fourth-order valence-electron chi connectivity index (χ4n) is 3.77. The van der Waals surface area contributed by atoms with Gasteiger partial charge in [-0.1, -0.05) is 37.3 Å². The van der Waals surface area contributed by atoms with Gasteiger partial charge in [0.05, 0.1) is 16.9 Å². The largest absolute Gasteiger partial charge is 0.416 e. The van der Waals surface area contributed by atoms with Gasteiger partial charge < -0.3 is 5.32 Å². The number of aromatic nitrogens is 2. The first-order valence-corrected chi connectivity index (χ1v) is 9.60. The molecule has 0 amide bonds. The third-order valence-corrected chi connectivity index (χ3v) is 5.19. The highest BCUT2D eigenvalue weighted by atomic mass is 19.4. The Morgan fingerprint density at radius 1 is 1.07 bits per heavy atom. The number of fused-ring (bicyclic) bond motifs is 1. The Morgan fingerprint density at radius 3 is 2.68 bits per heavy atom. The molecule has 0 aliphatic carbocycles. The van der Waals surface area contributed by atoms with Gasteiger partial charge in [-0.25, -0.2) is 4.68 Å². The van der Waals surface area contributed by atoms with Crippen molar-refractivity contribution >= 4 is 5.82 Å². The molecular formula is C22H22F3N3. The second-order valence-electron chi connectivity index (χ2n) is 7.03. The van der Waals surface area contributed by atoms with Crippen molar-refractivity contribution < 1.29 is 13.2 Å². The lowest BCUT2D eigenvalue weighted by Crippen LogP contribution is -2.08. The van der Waals surface area contributed by atoms with Gasteiger partial charge in [-0.15, -0.1) is 0 Å². The fraction of sp³-hybridized carbons (Fsp3) is 0.318. The molecule has 2 heterocycles. The Hall–Kier alpha value is -2.76. The van der Waals surface area contributed by atoms with Gasteiger partial charge in [0.25, 0.3) is 0 Å². The maximum atomic E-state index is 13.2. The number of nitrogens with zero attached hydrogens (tertiary/aromatic N) is 2. The summed E-state index contributed by atoms with van der Waals surface area (Å²) >= 11 is 0. The van der Waals surface area contributed by atoms with Gasteiger partial charge in [0.15, 0.2) is 0 Å². The first-order valence-electron chi connectivity index (χ1n) is 9.60. The topological polar surface area (TPSA) is 29.9 Å². The molecule has 0 spiro atoms. The van der Waals surface area contributed by atoms with Gasteiger partial charge in [-0.3, -0.25) is 0 Å². The lowest BCUT2D eigenvalue weighted by Gasteiger charge is -2.12. The van der Waals surface area contributed by atoms with Crippen LogP contribution in [0, 0.1) is 0 Å². The molecule has 6 heteroatoms. The Bertz CT molecular complexity index is 989. The quantitative estimate of drug-likeness (QED) is 0.611. The normalized spacial score (nSPS) is 14.3. The number of hydrogen-bond donors (Lipinski definition) is 1. The van der Waals surface area contributed by atoms with Crippen LogP contribution in [0.4, 0.5) is 19.0 Å². The van der Waals surface area contributed by atoms with Crippen LogP contribution in [0.2, 0.25) is 0 Å². The van der Waals surface area contributed by atoms with E-state index in [4.69, 9.17) is 5.10 Å². The average Bonchev–Trinajstić information content (AvgIpc) is 2.88. The maximum Gasteiger partial charge on any atom is 0.416 e. The van der Waals surface area contributed by atoms with Crippen LogP contribution in [-0.2, 0) is 19.0 Å². The fourth-order valence-corrected chi connectivity index (χ4v) is 3.77. The van der Waals surface area contributed by atoms with E-state index >= 15 is 0 Å². The molecule has 1 aliphatic rings. The molecule has 0 atom stereocenters. The monoisotopic (exact) mass is 385 g/mol. The first-order chi connectivity index (χ1) is 13.5. The third-order valence-electron chi connectivity index (χ3n) is 5.19. The zero-order valence-corrected chi connectivity index (χ0v) is 15.7.